The first-order valence-corrected chi connectivity index (χ1v) is 9.17. The number of nitrogens with zero attached hydrogens (tertiary/aromatic N) is 1. The highest BCUT2D eigenvalue weighted by Gasteiger charge is 2.09. The van der Waals surface area contributed by atoms with E-state index in [2.05, 4.69) is 67.5 Å². The first-order valence-electron chi connectivity index (χ1n) is 9.17. The monoisotopic (exact) mass is 322 g/mol. The van der Waals surface area contributed by atoms with E-state index >= 15 is 0 Å². The Hall–Kier alpha value is -1.83. The molecule has 1 aromatic heterocycles. The Kier molecular flexibility index (Phi) is 7.30. The zero-order chi connectivity index (χ0) is 17.4. The quantitative estimate of drug-likeness (QED) is 0.605. The van der Waals surface area contributed by atoms with Gasteiger partial charge in [0.15, 0.2) is 0 Å². The van der Waals surface area contributed by atoms with Gasteiger partial charge in [-0.25, -0.2) is 4.98 Å². The lowest BCUT2D eigenvalue weighted by Crippen LogP contribution is -2.05. The van der Waals surface area contributed by atoms with Crippen molar-refractivity contribution in [2.45, 2.75) is 52.9 Å². The molecule has 0 saturated heterocycles. The third-order valence-corrected chi connectivity index (χ3v) is 4.56. The second kappa shape index (κ2) is 9.46. The van der Waals surface area contributed by atoms with Crippen LogP contribution in [-0.2, 0) is 12.8 Å². The molecule has 0 bridgehead atoms. The molecule has 1 N–H and O–H groups in total. The number of rotatable bonds is 9. The van der Waals surface area contributed by atoms with E-state index in [0.29, 0.717) is 5.92 Å². The van der Waals surface area contributed by atoms with Crippen molar-refractivity contribution in [2.24, 2.45) is 11.8 Å². The van der Waals surface area contributed by atoms with Gasteiger partial charge in [-0.05, 0) is 79.8 Å². The summed E-state index contributed by atoms with van der Waals surface area (Å²) in [6.45, 7) is 12.5. The third kappa shape index (κ3) is 5.99. The summed E-state index contributed by atoms with van der Waals surface area (Å²) in [5, 5.41) is 3.42. The number of pyridine rings is 1. The Morgan fingerprint density at radius 2 is 1.96 bits per heavy atom. The number of aromatic nitrogens is 1. The van der Waals surface area contributed by atoms with E-state index in [1.165, 1.54) is 24.0 Å². The van der Waals surface area contributed by atoms with Crippen LogP contribution < -0.4 is 5.32 Å². The van der Waals surface area contributed by atoms with Crippen LogP contribution in [0.15, 0.2) is 42.6 Å². The maximum atomic E-state index is 5.95. The van der Waals surface area contributed by atoms with Crippen LogP contribution in [-0.4, -0.2) is 4.98 Å². The van der Waals surface area contributed by atoms with Crippen molar-refractivity contribution in [3.63, 3.8) is 0 Å². The van der Waals surface area contributed by atoms with Crippen LogP contribution in [0.5, 0.6) is 0 Å². The van der Waals surface area contributed by atoms with Crippen molar-refractivity contribution in [3.05, 3.63) is 60.6 Å². The molecule has 0 aliphatic carbocycles. The van der Waals surface area contributed by atoms with Gasteiger partial charge in [-0.1, -0.05) is 39.3 Å². The van der Waals surface area contributed by atoms with Gasteiger partial charge >= 0.3 is 0 Å². The Labute approximate surface area is 147 Å². The van der Waals surface area contributed by atoms with E-state index in [1.54, 1.807) is 0 Å². The van der Waals surface area contributed by atoms with Crippen molar-refractivity contribution in [3.8, 4) is 0 Å². The Morgan fingerprint density at radius 3 is 2.67 bits per heavy atom. The molecule has 2 radical (unpaired) electrons. The summed E-state index contributed by atoms with van der Waals surface area (Å²) in [5.74, 6) is 1.91. The molecule has 1 heterocycles. The van der Waals surface area contributed by atoms with Crippen LogP contribution in [0.3, 0.4) is 0 Å². The average Bonchev–Trinajstić information content (AvgIpc) is 2.59. The molecular weight excluding hydrogens is 292 g/mol. The summed E-state index contributed by atoms with van der Waals surface area (Å²) in [4.78, 5) is 4.45. The van der Waals surface area contributed by atoms with Gasteiger partial charge in [-0.15, -0.1) is 0 Å². The molecule has 2 rings (SSSR count). The highest BCUT2D eigenvalue weighted by molar-refractivity contribution is 5.57. The molecule has 2 nitrogen and oxygen atoms in total. The normalized spacial score (nSPS) is 12.4. The molecule has 0 saturated carbocycles. The van der Waals surface area contributed by atoms with Crippen LogP contribution in [0.4, 0.5) is 11.5 Å². The average molecular weight is 322 g/mol. The lowest BCUT2D eigenvalue weighted by atomic mass is 9.89. The van der Waals surface area contributed by atoms with Gasteiger partial charge in [-0.3, -0.25) is 0 Å². The SMILES string of the molecule is [CH]C(C)CC(CC)CCc1ccnc(Nc2cccc(CC)c2)c1. The van der Waals surface area contributed by atoms with E-state index in [9.17, 15) is 0 Å². The molecule has 0 fully saturated rings. The molecule has 0 spiro atoms. The fourth-order valence-electron chi connectivity index (χ4n) is 3.10. The van der Waals surface area contributed by atoms with E-state index in [-0.39, 0.29) is 5.92 Å². The summed E-state index contributed by atoms with van der Waals surface area (Å²) in [6.07, 6.45) is 7.51. The Bertz CT molecular complexity index is 619. The van der Waals surface area contributed by atoms with Crippen LogP contribution in [0.25, 0.3) is 0 Å². The minimum Gasteiger partial charge on any atom is -0.340 e. The molecular formula is C22H30N2. The van der Waals surface area contributed by atoms with Gasteiger partial charge in [0, 0.05) is 11.9 Å². The molecule has 0 amide bonds. The number of benzene rings is 1. The third-order valence-electron chi connectivity index (χ3n) is 4.56. The maximum Gasteiger partial charge on any atom is 0.130 e. The van der Waals surface area contributed by atoms with Crippen LogP contribution in [0, 0.1) is 18.8 Å². The molecule has 2 aromatic rings. The Morgan fingerprint density at radius 1 is 1.12 bits per heavy atom. The van der Waals surface area contributed by atoms with Crippen molar-refractivity contribution >= 4 is 11.5 Å². The van der Waals surface area contributed by atoms with Gasteiger partial charge in [0.25, 0.3) is 0 Å². The summed E-state index contributed by atoms with van der Waals surface area (Å²) in [5.41, 5.74) is 3.77. The molecule has 0 aliphatic rings. The minimum atomic E-state index is 0.287. The predicted molar refractivity (Wildman–Crippen MR) is 104 cm³/mol. The predicted octanol–water partition coefficient (Wildman–Crippen LogP) is 6.08. The lowest BCUT2D eigenvalue weighted by molar-refractivity contribution is 0.393. The molecule has 24 heavy (non-hydrogen) atoms. The molecule has 1 aromatic carbocycles. The molecule has 2 unspecified atom stereocenters. The second-order valence-electron chi connectivity index (χ2n) is 6.75. The summed E-state index contributed by atoms with van der Waals surface area (Å²) < 4.78 is 0. The fourth-order valence-corrected chi connectivity index (χ4v) is 3.10. The van der Waals surface area contributed by atoms with E-state index in [4.69, 9.17) is 6.92 Å². The van der Waals surface area contributed by atoms with E-state index in [1.807, 2.05) is 6.20 Å². The van der Waals surface area contributed by atoms with Gasteiger partial charge in [-0.2, -0.15) is 0 Å². The van der Waals surface area contributed by atoms with Gasteiger partial charge in [0.2, 0.25) is 0 Å². The first kappa shape index (κ1) is 18.5. The Balaban J connectivity index is 1.97. The number of anilines is 2. The zero-order valence-electron chi connectivity index (χ0n) is 15.3. The number of hydrogen-bond acceptors (Lipinski definition) is 2. The lowest BCUT2D eigenvalue weighted by Gasteiger charge is -2.17. The summed E-state index contributed by atoms with van der Waals surface area (Å²) >= 11 is 0. The summed E-state index contributed by atoms with van der Waals surface area (Å²) in [7, 11) is 0. The highest BCUT2D eigenvalue weighted by Crippen LogP contribution is 2.22. The summed E-state index contributed by atoms with van der Waals surface area (Å²) in [6, 6.07) is 12.8. The number of nitrogens with one attached hydrogen (secondary N) is 1. The second-order valence-corrected chi connectivity index (χ2v) is 6.75. The molecule has 128 valence electrons. The first-order chi connectivity index (χ1) is 11.6. The number of aryl methyl sites for hydroxylation is 2. The van der Waals surface area contributed by atoms with Gasteiger partial charge in [0.1, 0.15) is 5.82 Å². The molecule has 0 aliphatic heterocycles. The zero-order valence-corrected chi connectivity index (χ0v) is 15.3. The van der Waals surface area contributed by atoms with Crippen molar-refractivity contribution in [1.82, 2.24) is 4.98 Å². The van der Waals surface area contributed by atoms with Crippen LogP contribution >= 0.6 is 0 Å². The van der Waals surface area contributed by atoms with Crippen molar-refractivity contribution < 1.29 is 0 Å². The maximum absolute atomic E-state index is 5.95. The molecule has 2 atom stereocenters. The standard InChI is InChI=1S/C22H30N2/c1-5-18-8-7-9-21(15-18)24-22-16-20(12-13-23-22)11-10-19(6-2)14-17(3)4/h3,7-9,12-13,15-17,19H,5-6,10-11,14H2,1-2,4H3,(H,23,24). The molecule has 2 heteroatoms. The smallest absolute Gasteiger partial charge is 0.130 e. The van der Waals surface area contributed by atoms with E-state index in [0.717, 1.165) is 30.8 Å². The largest absolute Gasteiger partial charge is 0.340 e. The van der Waals surface area contributed by atoms with Crippen molar-refractivity contribution in [1.29, 1.82) is 0 Å². The fraction of sp³-hybridized carbons (Fsp3) is 0.455. The number of hydrogen-bond donors (Lipinski definition) is 1. The van der Waals surface area contributed by atoms with Gasteiger partial charge < -0.3 is 5.32 Å². The van der Waals surface area contributed by atoms with Crippen LogP contribution in [0.1, 0.15) is 51.2 Å². The highest BCUT2D eigenvalue weighted by atomic mass is 15.0. The van der Waals surface area contributed by atoms with Gasteiger partial charge in [0.05, 0.1) is 0 Å². The topological polar surface area (TPSA) is 24.9 Å². The van der Waals surface area contributed by atoms with Crippen LogP contribution in [0.2, 0.25) is 0 Å². The van der Waals surface area contributed by atoms with Crippen molar-refractivity contribution in [2.75, 3.05) is 5.32 Å². The minimum absolute atomic E-state index is 0.287. The van der Waals surface area contributed by atoms with E-state index < -0.39 is 0 Å².